The van der Waals surface area contributed by atoms with Crippen LogP contribution in [0.1, 0.15) is 0 Å². The van der Waals surface area contributed by atoms with Crippen molar-refractivity contribution in [3.8, 4) is 0 Å². The average Bonchev–Trinajstić information content (AvgIpc) is 2.52. The van der Waals surface area contributed by atoms with Crippen molar-refractivity contribution >= 4 is 52.1 Å². The summed E-state index contributed by atoms with van der Waals surface area (Å²) in [5.41, 5.74) is 0. The van der Waals surface area contributed by atoms with Gasteiger partial charge in [0.2, 0.25) is 0 Å². The molecular weight excluding hydrogens is 700 g/mol. The van der Waals surface area contributed by atoms with Crippen LogP contribution >= 0.6 is 40.9 Å². The number of hydrogen-bond acceptors (Lipinski definition) is 1. The first kappa shape index (κ1) is 33.0. The van der Waals surface area contributed by atoms with E-state index in [4.69, 9.17) is 0 Å². The molecule has 0 aliphatic heterocycles. The summed E-state index contributed by atoms with van der Waals surface area (Å²) in [5.74, 6) is 0. The smallest absolute Gasteiger partial charge is 0.310 e. The van der Waals surface area contributed by atoms with Crippen LogP contribution in [0.15, 0.2) is 65.8 Å². The zero-order valence-corrected chi connectivity index (χ0v) is 20.6. The summed E-state index contributed by atoms with van der Waals surface area (Å²) in [6.07, 6.45) is 0. The fourth-order valence-corrected chi connectivity index (χ4v) is 6.79. The van der Waals surface area contributed by atoms with Crippen molar-refractivity contribution < 1.29 is 82.3 Å². The fourth-order valence-electron chi connectivity index (χ4n) is 2.33. The Balaban J connectivity index is 3.10. The van der Waals surface area contributed by atoms with Crippen LogP contribution in [0.4, 0.5) is 77.7 Å². The lowest BCUT2D eigenvalue weighted by Crippen LogP contribution is -2.15. The molecule has 0 aliphatic rings. The van der Waals surface area contributed by atoms with E-state index < -0.39 is 118 Å². The highest BCUT2D eigenvalue weighted by Gasteiger charge is 2.71. The molecule has 2 rings (SSSR count). The maximum Gasteiger partial charge on any atom is 0.310 e. The van der Waals surface area contributed by atoms with Crippen LogP contribution in [0.3, 0.4) is 0 Å². The standard InChI is InChI=1S/C12H6F20OS5/c13-35(14,15,16,17)9-1-7(2-10(5-9)36(18,19,20,21)22)34(33)8-3-11(37(23,24,25,26)27)6-12(4-8)38(28,29,30,31)32/h1-6H. The topological polar surface area (TPSA) is 23.1 Å². The Morgan fingerprint density at radius 2 is 0.500 bits per heavy atom. The zero-order chi connectivity index (χ0) is 30.9. The second-order valence-electron chi connectivity index (χ2n) is 7.42. The third-order valence-corrected chi connectivity index (χ3v) is 9.75. The molecule has 0 spiro atoms. The quantitative estimate of drug-likeness (QED) is 0.217. The van der Waals surface area contributed by atoms with Gasteiger partial charge in [-0.15, -0.1) is 0 Å². The monoisotopic (exact) mass is 706 g/mol. The van der Waals surface area contributed by atoms with Crippen molar-refractivity contribution in [2.45, 2.75) is 29.4 Å². The van der Waals surface area contributed by atoms with Crippen molar-refractivity contribution in [2.24, 2.45) is 0 Å². The molecule has 0 atom stereocenters. The van der Waals surface area contributed by atoms with Gasteiger partial charge < -0.3 is 4.55 Å². The van der Waals surface area contributed by atoms with Gasteiger partial charge in [-0.05, 0) is 12.1 Å². The summed E-state index contributed by atoms with van der Waals surface area (Å²) in [6.45, 7) is 0. The molecule has 0 radical (unpaired) electrons. The lowest BCUT2D eigenvalue weighted by molar-refractivity contribution is 0.353. The Kier molecular flexibility index (Phi) is 5.09. The molecule has 2 aromatic carbocycles. The van der Waals surface area contributed by atoms with Gasteiger partial charge in [0.1, 0.15) is 19.6 Å². The van der Waals surface area contributed by atoms with Crippen LogP contribution in [0.25, 0.3) is 0 Å². The summed E-state index contributed by atoms with van der Waals surface area (Å²) < 4.78 is 274. The summed E-state index contributed by atoms with van der Waals surface area (Å²) in [7, 11) is -46.0. The van der Waals surface area contributed by atoms with Crippen LogP contribution < -0.4 is 0 Å². The third kappa shape index (κ3) is 7.91. The zero-order valence-electron chi connectivity index (χ0n) is 16.5. The summed E-state index contributed by atoms with van der Waals surface area (Å²) in [5, 5.41) is 0. The predicted molar refractivity (Wildman–Crippen MR) is 103 cm³/mol. The van der Waals surface area contributed by atoms with Crippen molar-refractivity contribution in [2.75, 3.05) is 0 Å². The van der Waals surface area contributed by atoms with E-state index in [-0.39, 0.29) is 0 Å². The minimum absolute atomic E-state index is 1.38. The molecule has 1 nitrogen and oxygen atoms in total. The summed E-state index contributed by atoms with van der Waals surface area (Å²) >= 11 is -4.63. The lowest BCUT2D eigenvalue weighted by atomic mass is 10.3. The molecule has 0 unspecified atom stereocenters. The highest BCUT2D eigenvalue weighted by atomic mass is 32.5. The molecular formula is C12H6F20OS5. The van der Waals surface area contributed by atoms with Crippen LogP contribution in [0.2, 0.25) is 0 Å². The van der Waals surface area contributed by atoms with Gasteiger partial charge in [-0.1, -0.05) is 77.7 Å². The van der Waals surface area contributed by atoms with Crippen molar-refractivity contribution in [1.29, 1.82) is 0 Å². The molecule has 38 heavy (non-hydrogen) atoms. The first-order chi connectivity index (χ1) is 15.3. The van der Waals surface area contributed by atoms with Gasteiger partial charge in [0, 0.05) is 35.4 Å². The minimum atomic E-state index is -11.5. The van der Waals surface area contributed by atoms with E-state index >= 15 is 0 Å². The third-order valence-electron chi connectivity index (χ3n) is 3.92. The molecule has 0 N–H and O–H groups in total. The van der Waals surface area contributed by atoms with E-state index in [0.29, 0.717) is 0 Å². The summed E-state index contributed by atoms with van der Waals surface area (Å²) in [4.78, 5) is -21.1. The second-order valence-corrected chi connectivity index (χ2v) is 18.5. The Bertz CT molecular complexity index is 1160. The Morgan fingerprint density at radius 1 is 0.342 bits per heavy atom. The van der Waals surface area contributed by atoms with E-state index in [2.05, 4.69) is 0 Å². The maximum atomic E-state index is 13.1. The SMILES string of the molecule is [O-][S+](c1cc(S(F)(F)(F)(F)F)cc(S(F)(F)(F)(F)F)c1)c1cc(S(F)(F)(F)(F)F)cc(S(F)(F)(F)(F)F)c1. The molecule has 2 aromatic rings. The molecule has 230 valence electrons. The molecule has 0 amide bonds. The van der Waals surface area contributed by atoms with Gasteiger partial charge in [0.05, 0.1) is 0 Å². The van der Waals surface area contributed by atoms with Gasteiger partial charge in [-0.3, -0.25) is 0 Å². The van der Waals surface area contributed by atoms with Gasteiger partial charge in [0.25, 0.3) is 0 Å². The summed E-state index contributed by atoms with van der Waals surface area (Å²) in [6, 6.07) is -9.33. The molecule has 0 aromatic heterocycles. The van der Waals surface area contributed by atoms with Crippen molar-refractivity contribution in [1.82, 2.24) is 0 Å². The van der Waals surface area contributed by atoms with E-state index in [1.807, 2.05) is 0 Å². The van der Waals surface area contributed by atoms with Crippen LogP contribution in [-0.4, -0.2) is 4.55 Å². The Hall–Kier alpha value is -1.25. The van der Waals surface area contributed by atoms with Gasteiger partial charge >= 0.3 is 40.9 Å². The first-order valence-corrected chi connectivity index (χ1v) is 16.9. The normalized spacial score (nSPS) is 22.3. The fraction of sp³-hybridized carbons (Fsp3) is 0. The van der Waals surface area contributed by atoms with Crippen LogP contribution in [0, 0.1) is 0 Å². The number of rotatable bonds is 6. The average molecular weight is 706 g/mol. The molecule has 0 saturated heterocycles. The number of halogens is 20. The van der Waals surface area contributed by atoms with Gasteiger partial charge in [-0.25, -0.2) is 0 Å². The maximum absolute atomic E-state index is 13.1. The highest BCUT2D eigenvalue weighted by Crippen LogP contribution is 3.06. The predicted octanol–water partition coefficient (Wildman–Crippen LogP) is 13.5. The molecule has 0 saturated carbocycles. The second kappa shape index (κ2) is 5.87. The Labute approximate surface area is 200 Å². The van der Waals surface area contributed by atoms with Gasteiger partial charge in [-0.2, -0.15) is 0 Å². The molecule has 26 heteroatoms. The molecule has 0 fully saturated rings. The van der Waals surface area contributed by atoms with E-state index in [0.717, 1.165) is 0 Å². The van der Waals surface area contributed by atoms with Crippen molar-refractivity contribution in [3.05, 3.63) is 36.4 Å². The van der Waals surface area contributed by atoms with Crippen LogP contribution in [-0.2, 0) is 11.2 Å². The van der Waals surface area contributed by atoms with Gasteiger partial charge in [0.15, 0.2) is 9.79 Å². The highest BCUT2D eigenvalue weighted by molar-refractivity contribution is 8.47. The lowest BCUT2D eigenvalue weighted by Gasteiger charge is -2.44. The molecule has 0 aliphatic carbocycles. The largest absolute Gasteiger partial charge is 0.606 e. The van der Waals surface area contributed by atoms with E-state index in [1.54, 1.807) is 0 Å². The van der Waals surface area contributed by atoms with E-state index in [9.17, 15) is 82.3 Å². The minimum Gasteiger partial charge on any atom is -0.606 e. The van der Waals surface area contributed by atoms with Crippen LogP contribution in [0.5, 0.6) is 0 Å². The first-order valence-electron chi connectivity index (χ1n) is 7.94. The molecule has 0 heterocycles. The number of benzene rings is 2. The molecule has 0 bridgehead atoms. The van der Waals surface area contributed by atoms with Crippen molar-refractivity contribution in [3.63, 3.8) is 0 Å². The van der Waals surface area contributed by atoms with E-state index in [1.165, 1.54) is 0 Å². The number of hydrogen-bond donors (Lipinski definition) is 0. The Morgan fingerprint density at radius 3 is 0.632 bits per heavy atom.